The molecule has 0 N–H and O–H groups in total. The lowest BCUT2D eigenvalue weighted by Crippen LogP contribution is -2.01. The van der Waals surface area contributed by atoms with E-state index in [9.17, 15) is 0 Å². The van der Waals surface area contributed by atoms with Crippen molar-refractivity contribution >= 4 is 43.7 Å². The quantitative estimate of drug-likeness (QED) is 0.161. The molecule has 12 rings (SSSR count). The number of aromatic nitrogens is 4. The lowest BCUT2D eigenvalue weighted by molar-refractivity contribution is 0.669. The SMILES string of the molecule is c1ccc(-c2cccc(-c3ccc(-c4ccc5c(c4)oc4cc6c7ccccc7n(-c7ccccc7)c6cc45)c(-c4nc(-c5ccccc5)nc(-c5ccccc5)n4)c3)c2)cc1. The van der Waals surface area contributed by atoms with Gasteiger partial charge in [0.1, 0.15) is 11.2 Å². The summed E-state index contributed by atoms with van der Waals surface area (Å²) in [5, 5.41) is 4.48. The molecule has 62 heavy (non-hydrogen) atoms. The summed E-state index contributed by atoms with van der Waals surface area (Å²) in [6.45, 7) is 0. The smallest absolute Gasteiger partial charge is 0.164 e. The van der Waals surface area contributed by atoms with Crippen molar-refractivity contribution in [3.8, 4) is 73.2 Å². The molecule has 0 aliphatic heterocycles. The van der Waals surface area contributed by atoms with Gasteiger partial charge in [0, 0.05) is 43.9 Å². The highest BCUT2D eigenvalue weighted by molar-refractivity contribution is 6.17. The van der Waals surface area contributed by atoms with Crippen molar-refractivity contribution in [2.24, 2.45) is 0 Å². The van der Waals surface area contributed by atoms with Crippen LogP contribution in [0.15, 0.2) is 223 Å². The average molecular weight is 793 g/mol. The molecule has 12 aromatic rings. The summed E-state index contributed by atoms with van der Waals surface area (Å²) in [5.74, 6) is 1.82. The van der Waals surface area contributed by atoms with Crippen molar-refractivity contribution in [3.63, 3.8) is 0 Å². The maximum atomic E-state index is 6.78. The maximum Gasteiger partial charge on any atom is 0.164 e. The minimum absolute atomic E-state index is 0.592. The Morgan fingerprint density at radius 2 is 0.839 bits per heavy atom. The summed E-state index contributed by atoms with van der Waals surface area (Å²) < 4.78 is 9.13. The molecule has 0 atom stereocenters. The van der Waals surface area contributed by atoms with Gasteiger partial charge in [-0.1, -0.05) is 164 Å². The second kappa shape index (κ2) is 14.7. The van der Waals surface area contributed by atoms with Gasteiger partial charge in [-0.15, -0.1) is 0 Å². The Morgan fingerprint density at radius 3 is 1.55 bits per heavy atom. The normalized spacial score (nSPS) is 11.5. The van der Waals surface area contributed by atoms with Crippen molar-refractivity contribution in [3.05, 3.63) is 218 Å². The molecule has 3 aromatic heterocycles. The van der Waals surface area contributed by atoms with E-state index in [-0.39, 0.29) is 0 Å². The molecule has 0 radical (unpaired) electrons. The minimum Gasteiger partial charge on any atom is -0.456 e. The third-order valence-corrected chi connectivity index (χ3v) is 11.9. The predicted molar refractivity (Wildman–Crippen MR) is 254 cm³/mol. The zero-order valence-electron chi connectivity index (χ0n) is 33.5. The van der Waals surface area contributed by atoms with Crippen LogP contribution in [0.2, 0.25) is 0 Å². The van der Waals surface area contributed by atoms with Gasteiger partial charge in [0.15, 0.2) is 17.5 Å². The number of fused-ring (bicyclic) bond motifs is 6. The topological polar surface area (TPSA) is 56.7 Å². The Labute approximate surface area is 357 Å². The maximum absolute atomic E-state index is 6.78. The molecule has 0 fully saturated rings. The van der Waals surface area contributed by atoms with Crippen LogP contribution < -0.4 is 0 Å². The van der Waals surface area contributed by atoms with Crippen molar-refractivity contribution in [2.45, 2.75) is 0 Å². The van der Waals surface area contributed by atoms with Gasteiger partial charge < -0.3 is 8.98 Å². The summed E-state index contributed by atoms with van der Waals surface area (Å²) in [4.78, 5) is 15.5. The summed E-state index contributed by atoms with van der Waals surface area (Å²) in [7, 11) is 0. The van der Waals surface area contributed by atoms with Crippen LogP contribution >= 0.6 is 0 Å². The molecule has 9 aromatic carbocycles. The van der Waals surface area contributed by atoms with Crippen LogP contribution in [0.4, 0.5) is 0 Å². The van der Waals surface area contributed by atoms with Crippen LogP contribution in [0, 0.1) is 0 Å². The molecule has 0 saturated heterocycles. The second-order valence-electron chi connectivity index (χ2n) is 15.6. The lowest BCUT2D eigenvalue weighted by atomic mass is 9.92. The molecule has 3 heterocycles. The number of hydrogen-bond acceptors (Lipinski definition) is 4. The molecule has 290 valence electrons. The number of hydrogen-bond donors (Lipinski definition) is 0. The summed E-state index contributed by atoms with van der Waals surface area (Å²) in [6.07, 6.45) is 0. The standard InChI is InChI=1S/C57H36N4O/c1-5-16-37(17-6-1)40-22-15-23-41(32-40)42-28-30-45(50(33-42)57-59-55(38-18-7-2-8-19-38)58-56(60-57)39-20-9-3-10-21-39)43-29-31-47-49-35-52-48(36-54(49)62-53(47)34-43)46-26-13-14-27-51(46)61(52)44-24-11-4-12-25-44/h1-36H. The van der Waals surface area contributed by atoms with Gasteiger partial charge >= 0.3 is 0 Å². The van der Waals surface area contributed by atoms with Crippen molar-refractivity contribution in [2.75, 3.05) is 0 Å². The number of benzene rings is 9. The Bertz CT molecular complexity index is 3560. The van der Waals surface area contributed by atoms with Crippen molar-refractivity contribution in [1.82, 2.24) is 19.5 Å². The zero-order valence-corrected chi connectivity index (χ0v) is 33.5. The highest BCUT2D eigenvalue weighted by Crippen LogP contribution is 2.42. The van der Waals surface area contributed by atoms with E-state index in [0.717, 1.165) is 83.0 Å². The van der Waals surface area contributed by atoms with E-state index < -0.39 is 0 Å². The van der Waals surface area contributed by atoms with Crippen LogP contribution in [-0.4, -0.2) is 19.5 Å². The molecule has 5 nitrogen and oxygen atoms in total. The Hall–Kier alpha value is -8.41. The van der Waals surface area contributed by atoms with Gasteiger partial charge in [0.2, 0.25) is 0 Å². The second-order valence-corrected chi connectivity index (χ2v) is 15.6. The van der Waals surface area contributed by atoms with Crippen molar-refractivity contribution < 1.29 is 4.42 Å². The summed E-state index contributed by atoms with van der Waals surface area (Å²) in [6, 6.07) is 76.3. The third kappa shape index (κ3) is 6.14. The van der Waals surface area contributed by atoms with Gasteiger partial charge in [-0.2, -0.15) is 0 Å². The Morgan fingerprint density at radius 1 is 0.290 bits per heavy atom. The van der Waals surface area contributed by atoms with Crippen LogP contribution in [0.3, 0.4) is 0 Å². The Kier molecular flexibility index (Phi) is 8.42. The number of furan rings is 1. The first-order valence-corrected chi connectivity index (χ1v) is 20.8. The Balaban J connectivity index is 1.06. The summed E-state index contributed by atoms with van der Waals surface area (Å²) in [5.41, 5.74) is 14.3. The first kappa shape index (κ1) is 35.5. The van der Waals surface area contributed by atoms with Crippen LogP contribution in [0.1, 0.15) is 0 Å². The van der Waals surface area contributed by atoms with Gasteiger partial charge in [-0.05, 0) is 88.0 Å². The van der Waals surface area contributed by atoms with Gasteiger partial charge in [0.25, 0.3) is 0 Å². The van der Waals surface area contributed by atoms with E-state index in [1.54, 1.807) is 0 Å². The fraction of sp³-hybridized carbons (Fsp3) is 0. The fourth-order valence-corrected chi connectivity index (χ4v) is 8.86. The highest BCUT2D eigenvalue weighted by Gasteiger charge is 2.20. The molecule has 0 spiro atoms. The van der Waals surface area contributed by atoms with Crippen LogP contribution in [0.5, 0.6) is 0 Å². The largest absolute Gasteiger partial charge is 0.456 e. The molecule has 0 aliphatic carbocycles. The molecule has 0 bridgehead atoms. The first-order chi connectivity index (χ1) is 30.7. The number of para-hydroxylation sites is 2. The van der Waals surface area contributed by atoms with Crippen LogP contribution in [-0.2, 0) is 0 Å². The summed E-state index contributed by atoms with van der Waals surface area (Å²) >= 11 is 0. The van der Waals surface area contributed by atoms with Gasteiger partial charge in [-0.25, -0.2) is 15.0 Å². The average Bonchev–Trinajstić information content (AvgIpc) is 3.88. The number of nitrogens with zero attached hydrogens (tertiary/aromatic N) is 4. The van der Waals surface area contributed by atoms with E-state index in [1.807, 2.05) is 66.7 Å². The van der Waals surface area contributed by atoms with E-state index in [0.29, 0.717) is 17.5 Å². The van der Waals surface area contributed by atoms with Crippen LogP contribution in [0.25, 0.3) is 117 Å². The first-order valence-electron chi connectivity index (χ1n) is 20.8. The minimum atomic E-state index is 0.592. The molecular formula is C57H36N4O. The van der Waals surface area contributed by atoms with E-state index in [1.165, 1.54) is 16.5 Å². The fourth-order valence-electron chi connectivity index (χ4n) is 8.86. The van der Waals surface area contributed by atoms with E-state index >= 15 is 0 Å². The molecule has 0 saturated carbocycles. The van der Waals surface area contributed by atoms with E-state index in [2.05, 4.69) is 156 Å². The predicted octanol–water partition coefficient (Wildman–Crippen LogP) is 14.9. The van der Waals surface area contributed by atoms with Gasteiger partial charge in [-0.3, -0.25) is 0 Å². The molecular weight excluding hydrogens is 757 g/mol. The highest BCUT2D eigenvalue weighted by atomic mass is 16.3. The lowest BCUT2D eigenvalue weighted by Gasteiger charge is -2.14. The molecule has 0 unspecified atom stereocenters. The van der Waals surface area contributed by atoms with Gasteiger partial charge in [0.05, 0.1) is 11.0 Å². The van der Waals surface area contributed by atoms with E-state index in [4.69, 9.17) is 19.4 Å². The molecule has 0 amide bonds. The third-order valence-electron chi connectivity index (χ3n) is 11.9. The molecule has 5 heteroatoms. The van der Waals surface area contributed by atoms with Crippen molar-refractivity contribution in [1.29, 1.82) is 0 Å². The zero-order chi connectivity index (χ0) is 41.0. The monoisotopic (exact) mass is 792 g/mol. The number of rotatable bonds is 7. The molecule has 0 aliphatic rings.